The summed E-state index contributed by atoms with van der Waals surface area (Å²) >= 11 is 0. The minimum absolute atomic E-state index is 0.142. The average Bonchev–Trinajstić information content (AvgIpc) is 3.24. The summed E-state index contributed by atoms with van der Waals surface area (Å²) in [5, 5.41) is 4.01. The van der Waals surface area contributed by atoms with Gasteiger partial charge in [0.05, 0.1) is 18.9 Å². The second-order valence-electron chi connectivity index (χ2n) is 7.27. The van der Waals surface area contributed by atoms with Crippen LogP contribution in [0, 0.1) is 5.82 Å². The maximum absolute atomic E-state index is 13.5. The lowest BCUT2D eigenvalue weighted by molar-refractivity contribution is -0.141. The topological polar surface area (TPSA) is 54.4 Å². The fourth-order valence-corrected chi connectivity index (χ4v) is 3.68. The fraction of sp³-hybridized carbons (Fsp3) is 0.364. The molecule has 0 bridgehead atoms. The quantitative estimate of drug-likeness (QED) is 0.779. The Bertz CT molecular complexity index is 912. The molecule has 1 atom stereocenters. The third-order valence-corrected chi connectivity index (χ3v) is 5.23. The molecule has 0 spiro atoms. The second kappa shape index (κ2) is 8.61. The normalized spacial score (nSPS) is 18.9. The first-order valence-corrected chi connectivity index (χ1v) is 9.76. The number of benzene rings is 2. The van der Waals surface area contributed by atoms with E-state index in [1.807, 2.05) is 18.2 Å². The van der Waals surface area contributed by atoms with E-state index in [-0.39, 0.29) is 11.7 Å². The van der Waals surface area contributed by atoms with Gasteiger partial charge in [-0.2, -0.15) is 0 Å². The van der Waals surface area contributed by atoms with Crippen molar-refractivity contribution < 1.29 is 18.8 Å². The van der Waals surface area contributed by atoms with Gasteiger partial charge in [-0.15, -0.1) is 0 Å². The average molecular weight is 397 g/mol. The molecule has 1 saturated heterocycles. The van der Waals surface area contributed by atoms with Crippen molar-refractivity contribution in [3.8, 4) is 0 Å². The van der Waals surface area contributed by atoms with Gasteiger partial charge in [-0.25, -0.2) is 4.39 Å². The molecule has 0 N–H and O–H groups in total. The third kappa shape index (κ3) is 4.40. The molecule has 0 unspecified atom stereocenters. The molecular formula is C22H24FN3O3. The highest BCUT2D eigenvalue weighted by molar-refractivity contribution is 6.04. The van der Waals surface area contributed by atoms with Crippen molar-refractivity contribution in [1.82, 2.24) is 4.90 Å². The second-order valence-corrected chi connectivity index (χ2v) is 7.27. The Morgan fingerprint density at radius 3 is 2.79 bits per heavy atom. The van der Waals surface area contributed by atoms with E-state index >= 15 is 0 Å². The van der Waals surface area contributed by atoms with E-state index in [4.69, 9.17) is 9.57 Å². The predicted molar refractivity (Wildman–Crippen MR) is 108 cm³/mol. The number of halogens is 1. The number of likely N-dealkylation sites (N-methyl/N-ethyl adjacent to an activating group) is 1. The van der Waals surface area contributed by atoms with Crippen LogP contribution in [0.5, 0.6) is 0 Å². The Labute approximate surface area is 169 Å². The van der Waals surface area contributed by atoms with Gasteiger partial charge in [-0.3, -0.25) is 4.79 Å². The van der Waals surface area contributed by atoms with Crippen molar-refractivity contribution in [2.45, 2.75) is 19.1 Å². The minimum atomic E-state index is -0.686. The molecule has 4 rings (SSSR count). The summed E-state index contributed by atoms with van der Waals surface area (Å²) in [5.74, 6) is -0.478. The number of hydrogen-bond donors (Lipinski definition) is 0. The van der Waals surface area contributed by atoms with Crippen LogP contribution in [0.25, 0.3) is 0 Å². The van der Waals surface area contributed by atoms with Crippen molar-refractivity contribution in [2.75, 3.05) is 38.3 Å². The molecule has 2 aliphatic heterocycles. The van der Waals surface area contributed by atoms with E-state index in [2.05, 4.69) is 16.1 Å². The van der Waals surface area contributed by atoms with Crippen LogP contribution < -0.4 is 4.90 Å². The zero-order valence-corrected chi connectivity index (χ0v) is 16.4. The van der Waals surface area contributed by atoms with Crippen LogP contribution in [0.1, 0.15) is 17.5 Å². The van der Waals surface area contributed by atoms with Crippen LogP contribution in [0.3, 0.4) is 0 Å². The molecule has 0 radical (unpaired) electrons. The predicted octanol–water partition coefficient (Wildman–Crippen LogP) is 2.81. The molecule has 0 aromatic heterocycles. The molecule has 152 valence electrons. The summed E-state index contributed by atoms with van der Waals surface area (Å²) in [6.45, 7) is 3.57. The first-order chi connectivity index (χ1) is 14.1. The standard InChI is InChI=1S/C22H24FN3O3/c1-25(15-17-5-2-3-8-20(17)26-9-11-28-12-10-26)22(27)21-14-19(24-29-21)16-6-4-7-18(23)13-16/h2-8,13,21H,9-12,14-15H2,1H3/t21-/m0/s1. The summed E-state index contributed by atoms with van der Waals surface area (Å²) in [6.07, 6.45) is -0.355. The largest absolute Gasteiger partial charge is 0.382 e. The highest BCUT2D eigenvalue weighted by Crippen LogP contribution is 2.24. The van der Waals surface area contributed by atoms with Gasteiger partial charge in [0.25, 0.3) is 5.91 Å². The number of hydrogen-bond acceptors (Lipinski definition) is 5. The summed E-state index contributed by atoms with van der Waals surface area (Å²) in [6, 6.07) is 14.3. The van der Waals surface area contributed by atoms with Crippen LogP contribution in [-0.4, -0.2) is 56.0 Å². The first kappa shape index (κ1) is 19.4. The van der Waals surface area contributed by atoms with Crippen molar-refractivity contribution >= 4 is 17.3 Å². The van der Waals surface area contributed by atoms with Gasteiger partial charge in [0.2, 0.25) is 6.10 Å². The summed E-state index contributed by atoms with van der Waals surface area (Å²) < 4.78 is 18.9. The Morgan fingerprint density at radius 1 is 1.21 bits per heavy atom. The van der Waals surface area contributed by atoms with Crippen LogP contribution in [0.2, 0.25) is 0 Å². The summed E-state index contributed by atoms with van der Waals surface area (Å²) in [5.41, 5.74) is 3.43. The third-order valence-electron chi connectivity index (χ3n) is 5.23. The van der Waals surface area contributed by atoms with E-state index in [1.165, 1.54) is 12.1 Å². The number of morpholine rings is 1. The number of carbonyl (C=O) groups is 1. The van der Waals surface area contributed by atoms with Gasteiger partial charge in [0, 0.05) is 44.4 Å². The lowest BCUT2D eigenvalue weighted by Gasteiger charge is -2.31. The lowest BCUT2D eigenvalue weighted by Crippen LogP contribution is -2.38. The van der Waals surface area contributed by atoms with Gasteiger partial charge >= 0.3 is 0 Å². The molecule has 1 fully saturated rings. The van der Waals surface area contributed by atoms with Gasteiger partial charge < -0.3 is 19.4 Å². The molecule has 2 aromatic carbocycles. The highest BCUT2D eigenvalue weighted by atomic mass is 19.1. The number of ether oxygens (including phenoxy) is 1. The van der Waals surface area contributed by atoms with E-state index < -0.39 is 6.10 Å². The smallest absolute Gasteiger partial charge is 0.266 e. The SMILES string of the molecule is CN(Cc1ccccc1N1CCOCC1)C(=O)[C@@H]1CC(c2cccc(F)c2)=NO1. The van der Waals surface area contributed by atoms with Gasteiger partial charge in [0.1, 0.15) is 5.82 Å². The van der Waals surface area contributed by atoms with Gasteiger partial charge in [-0.05, 0) is 23.8 Å². The van der Waals surface area contributed by atoms with Crippen molar-refractivity contribution in [2.24, 2.45) is 5.16 Å². The molecule has 7 heteroatoms. The Morgan fingerprint density at radius 2 is 2.00 bits per heavy atom. The van der Waals surface area contributed by atoms with Crippen molar-refractivity contribution in [3.63, 3.8) is 0 Å². The van der Waals surface area contributed by atoms with E-state index in [0.29, 0.717) is 37.5 Å². The molecule has 2 heterocycles. The monoisotopic (exact) mass is 397 g/mol. The number of carbonyl (C=O) groups excluding carboxylic acids is 1. The summed E-state index contributed by atoms with van der Waals surface area (Å²) in [7, 11) is 1.77. The van der Waals surface area contributed by atoms with Crippen LogP contribution in [-0.2, 0) is 20.9 Å². The minimum Gasteiger partial charge on any atom is -0.382 e. The van der Waals surface area contributed by atoms with Crippen LogP contribution in [0.4, 0.5) is 10.1 Å². The van der Waals surface area contributed by atoms with E-state index in [0.717, 1.165) is 24.3 Å². The fourth-order valence-electron chi connectivity index (χ4n) is 3.68. The number of para-hydroxylation sites is 1. The molecule has 2 aliphatic rings. The molecule has 29 heavy (non-hydrogen) atoms. The Hall–Kier alpha value is -2.93. The lowest BCUT2D eigenvalue weighted by atomic mass is 10.0. The van der Waals surface area contributed by atoms with Gasteiger partial charge in [-0.1, -0.05) is 35.5 Å². The van der Waals surface area contributed by atoms with Gasteiger partial charge in [0.15, 0.2) is 0 Å². The van der Waals surface area contributed by atoms with Crippen LogP contribution in [0.15, 0.2) is 53.7 Å². The molecule has 1 amide bonds. The number of oxime groups is 1. The zero-order chi connectivity index (χ0) is 20.2. The molecule has 2 aromatic rings. The molecule has 0 aliphatic carbocycles. The summed E-state index contributed by atoms with van der Waals surface area (Å²) in [4.78, 5) is 22.2. The van der Waals surface area contributed by atoms with E-state index in [9.17, 15) is 9.18 Å². The van der Waals surface area contributed by atoms with Crippen LogP contribution >= 0.6 is 0 Å². The number of rotatable bonds is 5. The van der Waals surface area contributed by atoms with Crippen molar-refractivity contribution in [3.05, 3.63) is 65.5 Å². The molecular weight excluding hydrogens is 373 g/mol. The maximum Gasteiger partial charge on any atom is 0.266 e. The molecule has 0 saturated carbocycles. The molecule has 6 nitrogen and oxygen atoms in total. The highest BCUT2D eigenvalue weighted by Gasteiger charge is 2.31. The van der Waals surface area contributed by atoms with E-state index in [1.54, 1.807) is 24.1 Å². The Kier molecular flexibility index (Phi) is 5.76. The number of nitrogens with zero attached hydrogens (tertiary/aromatic N) is 3. The number of amides is 1. The Balaban J connectivity index is 1.41. The van der Waals surface area contributed by atoms with Crippen molar-refractivity contribution in [1.29, 1.82) is 0 Å². The zero-order valence-electron chi connectivity index (χ0n) is 16.4. The number of anilines is 1. The maximum atomic E-state index is 13.5. The first-order valence-electron chi connectivity index (χ1n) is 9.76.